The maximum atomic E-state index is 9.09. The lowest BCUT2D eigenvalue weighted by Crippen LogP contribution is -2.21. The zero-order valence-corrected chi connectivity index (χ0v) is 7.81. The van der Waals surface area contributed by atoms with Crippen molar-refractivity contribution in [1.29, 1.82) is 0 Å². The Hall–Kier alpha value is -0.0400. The van der Waals surface area contributed by atoms with E-state index < -0.39 is 0 Å². The molecule has 0 rings (SSSR count). The molecule has 0 saturated heterocycles. The summed E-state index contributed by atoms with van der Waals surface area (Å²) in [4.78, 5) is 0. The minimum absolute atomic E-state index is 0.158. The minimum atomic E-state index is -0.158. The Morgan fingerprint density at radius 3 is 1.70 bits per heavy atom. The fraction of sp³-hybridized carbons (Fsp3) is 1.00. The number of rotatable bonds is 2. The Labute approximate surface area is 64.5 Å². The van der Waals surface area contributed by atoms with Crippen LogP contribution in [0, 0.1) is 11.3 Å². The Balaban J connectivity index is 3.73. The van der Waals surface area contributed by atoms with Crippen LogP contribution in [-0.4, -0.2) is 11.2 Å². The van der Waals surface area contributed by atoms with Crippen molar-refractivity contribution >= 4 is 0 Å². The Bertz CT molecular complexity index is 89.4. The quantitative estimate of drug-likeness (QED) is 0.631. The van der Waals surface area contributed by atoms with E-state index in [2.05, 4.69) is 27.7 Å². The Morgan fingerprint density at radius 2 is 1.60 bits per heavy atom. The average Bonchev–Trinajstić information content (AvgIpc) is 1.60. The third-order valence-electron chi connectivity index (χ3n) is 2.17. The van der Waals surface area contributed by atoms with Crippen LogP contribution in [0.1, 0.15) is 41.0 Å². The van der Waals surface area contributed by atoms with Gasteiger partial charge in [0, 0.05) is 0 Å². The number of aliphatic hydroxyl groups is 1. The van der Waals surface area contributed by atoms with Crippen molar-refractivity contribution in [1.82, 2.24) is 0 Å². The van der Waals surface area contributed by atoms with Crippen LogP contribution in [0.2, 0.25) is 0 Å². The molecule has 0 aromatic heterocycles. The molecule has 0 aromatic rings. The molecule has 1 heteroatoms. The number of hydrogen-bond donors (Lipinski definition) is 1. The highest BCUT2D eigenvalue weighted by Crippen LogP contribution is 2.28. The first kappa shape index (κ1) is 9.96. The fourth-order valence-corrected chi connectivity index (χ4v) is 0.865. The number of hydrogen-bond acceptors (Lipinski definition) is 1. The molecule has 2 atom stereocenters. The van der Waals surface area contributed by atoms with Gasteiger partial charge in [-0.3, -0.25) is 0 Å². The molecule has 0 aliphatic carbocycles. The van der Waals surface area contributed by atoms with Crippen LogP contribution in [0.3, 0.4) is 0 Å². The second kappa shape index (κ2) is 3.38. The normalized spacial score (nSPS) is 18.6. The zero-order chi connectivity index (χ0) is 8.36. The molecule has 0 aromatic carbocycles. The third-order valence-corrected chi connectivity index (χ3v) is 2.17. The maximum absolute atomic E-state index is 9.09. The lowest BCUT2D eigenvalue weighted by molar-refractivity contribution is 0.124. The van der Waals surface area contributed by atoms with Crippen LogP contribution in [-0.2, 0) is 0 Å². The van der Waals surface area contributed by atoms with Gasteiger partial charge in [0.05, 0.1) is 6.10 Å². The minimum Gasteiger partial charge on any atom is -0.393 e. The van der Waals surface area contributed by atoms with Gasteiger partial charge in [0.1, 0.15) is 0 Å². The lowest BCUT2D eigenvalue weighted by Gasteiger charge is -2.28. The van der Waals surface area contributed by atoms with Gasteiger partial charge in [-0.15, -0.1) is 0 Å². The molecule has 0 heterocycles. The second-order valence-corrected chi connectivity index (χ2v) is 4.35. The maximum Gasteiger partial charge on any atom is 0.0514 e. The molecule has 0 amide bonds. The molecule has 1 N–H and O–H groups in total. The van der Waals surface area contributed by atoms with E-state index in [9.17, 15) is 0 Å². The van der Waals surface area contributed by atoms with E-state index in [1.165, 1.54) is 0 Å². The first-order chi connectivity index (χ1) is 4.34. The fourth-order valence-electron chi connectivity index (χ4n) is 0.865. The molecule has 2 unspecified atom stereocenters. The van der Waals surface area contributed by atoms with Crippen LogP contribution in [0.4, 0.5) is 0 Å². The van der Waals surface area contributed by atoms with E-state index in [0.29, 0.717) is 11.3 Å². The largest absolute Gasteiger partial charge is 0.393 e. The summed E-state index contributed by atoms with van der Waals surface area (Å²) in [7, 11) is 0. The summed E-state index contributed by atoms with van der Waals surface area (Å²) in [6, 6.07) is 0. The second-order valence-electron chi connectivity index (χ2n) is 4.35. The highest BCUT2D eigenvalue weighted by Gasteiger charge is 2.20. The van der Waals surface area contributed by atoms with E-state index in [1.54, 1.807) is 0 Å². The zero-order valence-electron chi connectivity index (χ0n) is 7.81. The molecular formula is C9H20O. The molecule has 10 heavy (non-hydrogen) atoms. The van der Waals surface area contributed by atoms with Crippen LogP contribution < -0.4 is 0 Å². The predicted octanol–water partition coefficient (Wildman–Crippen LogP) is 2.44. The first-order valence-electron chi connectivity index (χ1n) is 4.02. The van der Waals surface area contributed by atoms with Gasteiger partial charge < -0.3 is 5.11 Å². The van der Waals surface area contributed by atoms with Gasteiger partial charge in [0.25, 0.3) is 0 Å². The molecule has 0 bridgehead atoms. The summed E-state index contributed by atoms with van der Waals surface area (Å²) >= 11 is 0. The van der Waals surface area contributed by atoms with E-state index in [0.717, 1.165) is 6.42 Å². The van der Waals surface area contributed by atoms with E-state index in [4.69, 9.17) is 5.11 Å². The summed E-state index contributed by atoms with van der Waals surface area (Å²) < 4.78 is 0. The van der Waals surface area contributed by atoms with Crippen LogP contribution in [0.5, 0.6) is 0 Å². The van der Waals surface area contributed by atoms with Crippen LogP contribution in [0.15, 0.2) is 0 Å². The van der Waals surface area contributed by atoms with Gasteiger partial charge in [0.15, 0.2) is 0 Å². The van der Waals surface area contributed by atoms with E-state index in [1.807, 2.05) is 6.92 Å². The molecule has 0 aliphatic heterocycles. The summed E-state index contributed by atoms with van der Waals surface area (Å²) in [6.45, 7) is 10.7. The van der Waals surface area contributed by atoms with E-state index in [-0.39, 0.29) is 6.10 Å². The van der Waals surface area contributed by atoms with Crippen molar-refractivity contribution in [3.8, 4) is 0 Å². The molecule has 0 fully saturated rings. The molecule has 0 saturated carbocycles. The van der Waals surface area contributed by atoms with Crippen molar-refractivity contribution in [2.75, 3.05) is 0 Å². The van der Waals surface area contributed by atoms with Gasteiger partial charge in [-0.1, -0.05) is 27.7 Å². The molecule has 1 nitrogen and oxygen atoms in total. The summed E-state index contributed by atoms with van der Waals surface area (Å²) in [5.41, 5.74) is 0.330. The van der Waals surface area contributed by atoms with Crippen molar-refractivity contribution < 1.29 is 5.11 Å². The molecular weight excluding hydrogens is 124 g/mol. The molecule has 0 aliphatic rings. The van der Waals surface area contributed by atoms with Gasteiger partial charge in [0.2, 0.25) is 0 Å². The van der Waals surface area contributed by atoms with Crippen molar-refractivity contribution in [3.63, 3.8) is 0 Å². The summed E-state index contributed by atoms with van der Waals surface area (Å²) in [6.07, 6.45) is 0.748. The molecule has 0 radical (unpaired) electrons. The average molecular weight is 144 g/mol. The van der Waals surface area contributed by atoms with Crippen LogP contribution >= 0.6 is 0 Å². The molecule has 62 valence electrons. The number of aliphatic hydroxyl groups excluding tert-OH is 1. The predicted molar refractivity (Wildman–Crippen MR) is 44.9 cm³/mol. The van der Waals surface area contributed by atoms with Gasteiger partial charge in [-0.25, -0.2) is 0 Å². The van der Waals surface area contributed by atoms with Gasteiger partial charge >= 0.3 is 0 Å². The van der Waals surface area contributed by atoms with Gasteiger partial charge in [-0.05, 0) is 24.7 Å². The summed E-state index contributed by atoms with van der Waals surface area (Å²) in [5, 5.41) is 9.09. The molecule has 0 spiro atoms. The summed E-state index contributed by atoms with van der Waals surface area (Å²) in [5.74, 6) is 0.590. The monoisotopic (exact) mass is 144 g/mol. The van der Waals surface area contributed by atoms with Crippen molar-refractivity contribution in [3.05, 3.63) is 0 Å². The van der Waals surface area contributed by atoms with Crippen molar-refractivity contribution in [2.45, 2.75) is 47.1 Å². The SMILES string of the molecule is CC(O)CC(C)C(C)(C)C. The smallest absolute Gasteiger partial charge is 0.0514 e. The first-order valence-corrected chi connectivity index (χ1v) is 4.02. The Morgan fingerprint density at radius 1 is 1.20 bits per heavy atom. The van der Waals surface area contributed by atoms with Gasteiger partial charge in [-0.2, -0.15) is 0 Å². The van der Waals surface area contributed by atoms with E-state index >= 15 is 0 Å². The Kier molecular flexibility index (Phi) is 3.37. The topological polar surface area (TPSA) is 20.2 Å². The lowest BCUT2D eigenvalue weighted by atomic mass is 9.79. The standard InChI is InChI=1S/C9H20O/c1-7(6-8(2)10)9(3,4)5/h7-8,10H,6H2,1-5H3. The van der Waals surface area contributed by atoms with Crippen molar-refractivity contribution in [2.24, 2.45) is 11.3 Å². The van der Waals surface area contributed by atoms with Crippen LogP contribution in [0.25, 0.3) is 0 Å². The third kappa shape index (κ3) is 3.89. The highest BCUT2D eigenvalue weighted by atomic mass is 16.3. The highest BCUT2D eigenvalue weighted by molar-refractivity contribution is 4.71.